The van der Waals surface area contributed by atoms with Gasteiger partial charge >= 0.3 is 0 Å². The molecule has 0 aromatic carbocycles. The van der Waals surface area contributed by atoms with E-state index in [1.165, 1.54) is 0 Å². The first kappa shape index (κ1) is 9.26. The molecule has 1 heterocycles. The molecule has 0 amide bonds. The molecule has 0 radical (unpaired) electrons. The SMILES string of the molecule is CC(C)CNCCc1cnoc1. The molecule has 12 heavy (non-hydrogen) atoms. The van der Waals surface area contributed by atoms with Gasteiger partial charge in [-0.15, -0.1) is 0 Å². The Balaban J connectivity index is 2.04. The van der Waals surface area contributed by atoms with Crippen molar-refractivity contribution in [2.75, 3.05) is 13.1 Å². The van der Waals surface area contributed by atoms with E-state index < -0.39 is 0 Å². The van der Waals surface area contributed by atoms with E-state index in [1.807, 2.05) is 0 Å². The number of hydrogen-bond acceptors (Lipinski definition) is 3. The molecule has 0 saturated heterocycles. The summed E-state index contributed by atoms with van der Waals surface area (Å²) in [7, 11) is 0. The highest BCUT2D eigenvalue weighted by atomic mass is 16.5. The molecule has 0 unspecified atom stereocenters. The molecule has 0 aliphatic rings. The highest BCUT2D eigenvalue weighted by Crippen LogP contribution is 1.96. The summed E-state index contributed by atoms with van der Waals surface area (Å²) >= 11 is 0. The monoisotopic (exact) mass is 168 g/mol. The Kier molecular flexibility index (Phi) is 3.80. The van der Waals surface area contributed by atoms with E-state index in [-0.39, 0.29) is 0 Å². The van der Waals surface area contributed by atoms with Gasteiger partial charge in [0.1, 0.15) is 6.26 Å². The van der Waals surface area contributed by atoms with Gasteiger partial charge in [0, 0.05) is 5.56 Å². The maximum Gasteiger partial charge on any atom is 0.127 e. The average Bonchev–Trinajstić information content (AvgIpc) is 2.49. The van der Waals surface area contributed by atoms with E-state index in [0.717, 1.165) is 25.1 Å². The van der Waals surface area contributed by atoms with Crippen molar-refractivity contribution in [3.8, 4) is 0 Å². The van der Waals surface area contributed by atoms with Gasteiger partial charge in [-0.05, 0) is 25.4 Å². The smallest absolute Gasteiger partial charge is 0.127 e. The molecule has 0 bridgehead atoms. The minimum atomic E-state index is 0.715. The third kappa shape index (κ3) is 3.53. The number of hydrogen-bond donors (Lipinski definition) is 1. The maximum absolute atomic E-state index is 4.71. The van der Waals surface area contributed by atoms with Crippen LogP contribution < -0.4 is 5.32 Å². The van der Waals surface area contributed by atoms with Crippen molar-refractivity contribution in [2.45, 2.75) is 20.3 Å². The summed E-state index contributed by atoms with van der Waals surface area (Å²) in [6.07, 6.45) is 4.45. The lowest BCUT2D eigenvalue weighted by Gasteiger charge is -2.05. The van der Waals surface area contributed by atoms with E-state index in [1.54, 1.807) is 12.5 Å². The van der Waals surface area contributed by atoms with Gasteiger partial charge in [-0.3, -0.25) is 0 Å². The summed E-state index contributed by atoms with van der Waals surface area (Å²) in [5, 5.41) is 6.99. The van der Waals surface area contributed by atoms with Crippen LogP contribution in [0.15, 0.2) is 17.0 Å². The topological polar surface area (TPSA) is 38.1 Å². The maximum atomic E-state index is 4.71. The quantitative estimate of drug-likeness (QED) is 0.676. The van der Waals surface area contributed by atoms with E-state index in [4.69, 9.17) is 4.52 Å². The van der Waals surface area contributed by atoms with Crippen LogP contribution in [0, 0.1) is 5.92 Å². The Morgan fingerprint density at radius 2 is 2.42 bits per heavy atom. The van der Waals surface area contributed by atoms with Crippen molar-refractivity contribution in [1.82, 2.24) is 10.5 Å². The molecule has 3 nitrogen and oxygen atoms in total. The molecule has 1 rings (SSSR count). The zero-order chi connectivity index (χ0) is 8.81. The molecule has 0 aliphatic carbocycles. The van der Waals surface area contributed by atoms with Gasteiger partial charge in [0.25, 0.3) is 0 Å². The lowest BCUT2D eigenvalue weighted by atomic mass is 10.2. The Labute approximate surface area is 73.1 Å². The zero-order valence-corrected chi connectivity index (χ0v) is 7.71. The van der Waals surface area contributed by atoms with Crippen molar-refractivity contribution in [3.63, 3.8) is 0 Å². The van der Waals surface area contributed by atoms with Crippen LogP contribution in [-0.4, -0.2) is 18.2 Å². The van der Waals surface area contributed by atoms with Crippen molar-refractivity contribution in [2.24, 2.45) is 5.92 Å². The molecule has 0 fully saturated rings. The highest BCUT2D eigenvalue weighted by molar-refractivity contribution is 5.00. The number of aromatic nitrogens is 1. The van der Waals surface area contributed by atoms with Crippen molar-refractivity contribution in [3.05, 3.63) is 18.0 Å². The number of rotatable bonds is 5. The van der Waals surface area contributed by atoms with E-state index in [9.17, 15) is 0 Å². The van der Waals surface area contributed by atoms with Crippen LogP contribution in [0.25, 0.3) is 0 Å². The molecule has 0 spiro atoms. The minimum Gasteiger partial charge on any atom is -0.364 e. The first-order valence-electron chi connectivity index (χ1n) is 4.38. The molecule has 0 atom stereocenters. The average molecular weight is 168 g/mol. The first-order valence-corrected chi connectivity index (χ1v) is 4.38. The first-order chi connectivity index (χ1) is 5.79. The van der Waals surface area contributed by atoms with E-state index >= 15 is 0 Å². The molecule has 0 aliphatic heterocycles. The summed E-state index contributed by atoms with van der Waals surface area (Å²) < 4.78 is 4.71. The molecule has 1 aromatic rings. The van der Waals surface area contributed by atoms with Gasteiger partial charge in [-0.25, -0.2) is 0 Å². The van der Waals surface area contributed by atoms with Crippen molar-refractivity contribution >= 4 is 0 Å². The molecule has 1 aromatic heterocycles. The summed E-state index contributed by atoms with van der Waals surface area (Å²) in [6.45, 7) is 6.48. The Hall–Kier alpha value is -0.830. The van der Waals surface area contributed by atoms with E-state index in [0.29, 0.717) is 5.92 Å². The lowest BCUT2D eigenvalue weighted by Crippen LogP contribution is -2.21. The van der Waals surface area contributed by atoms with Crippen LogP contribution in [0.5, 0.6) is 0 Å². The van der Waals surface area contributed by atoms with Crippen LogP contribution in [0.3, 0.4) is 0 Å². The number of nitrogens with one attached hydrogen (secondary N) is 1. The third-order valence-corrected chi connectivity index (χ3v) is 1.63. The molecule has 1 N–H and O–H groups in total. The normalized spacial score (nSPS) is 10.9. The van der Waals surface area contributed by atoms with Crippen LogP contribution >= 0.6 is 0 Å². The molecule has 0 saturated carbocycles. The second-order valence-electron chi connectivity index (χ2n) is 3.38. The molecule has 3 heteroatoms. The Morgan fingerprint density at radius 3 is 3.00 bits per heavy atom. The fraction of sp³-hybridized carbons (Fsp3) is 0.667. The van der Waals surface area contributed by atoms with Crippen molar-refractivity contribution < 1.29 is 4.52 Å². The zero-order valence-electron chi connectivity index (χ0n) is 7.71. The van der Waals surface area contributed by atoms with Gasteiger partial charge in [0.15, 0.2) is 0 Å². The standard InChI is InChI=1S/C9H16N2O/c1-8(2)5-10-4-3-9-6-11-12-7-9/h6-8,10H,3-5H2,1-2H3. The van der Waals surface area contributed by atoms with Gasteiger partial charge in [0.05, 0.1) is 6.20 Å². The second kappa shape index (κ2) is 4.93. The summed E-state index contributed by atoms with van der Waals surface area (Å²) in [5.74, 6) is 0.715. The molecular formula is C9H16N2O. The van der Waals surface area contributed by atoms with Crippen LogP contribution in [0.4, 0.5) is 0 Å². The van der Waals surface area contributed by atoms with Gasteiger partial charge in [0.2, 0.25) is 0 Å². The third-order valence-electron chi connectivity index (χ3n) is 1.63. The summed E-state index contributed by atoms with van der Waals surface area (Å²) in [5.41, 5.74) is 1.16. The summed E-state index contributed by atoms with van der Waals surface area (Å²) in [4.78, 5) is 0. The largest absolute Gasteiger partial charge is 0.364 e. The van der Waals surface area contributed by atoms with Crippen molar-refractivity contribution in [1.29, 1.82) is 0 Å². The van der Waals surface area contributed by atoms with E-state index in [2.05, 4.69) is 24.3 Å². The lowest BCUT2D eigenvalue weighted by molar-refractivity contribution is 0.418. The van der Waals surface area contributed by atoms with Gasteiger partial charge in [-0.2, -0.15) is 0 Å². The fourth-order valence-electron chi connectivity index (χ4n) is 0.974. The van der Waals surface area contributed by atoms with Gasteiger partial charge < -0.3 is 9.84 Å². The fourth-order valence-corrected chi connectivity index (χ4v) is 0.974. The Bertz CT molecular complexity index is 194. The predicted octanol–water partition coefficient (Wildman–Crippen LogP) is 1.46. The molecular weight excluding hydrogens is 152 g/mol. The van der Waals surface area contributed by atoms with Crippen LogP contribution in [-0.2, 0) is 6.42 Å². The van der Waals surface area contributed by atoms with Crippen LogP contribution in [0.1, 0.15) is 19.4 Å². The predicted molar refractivity (Wildman–Crippen MR) is 47.9 cm³/mol. The number of nitrogens with zero attached hydrogens (tertiary/aromatic N) is 1. The summed E-state index contributed by atoms with van der Waals surface area (Å²) in [6, 6.07) is 0. The minimum absolute atomic E-state index is 0.715. The highest BCUT2D eigenvalue weighted by Gasteiger charge is 1.95. The second-order valence-corrected chi connectivity index (χ2v) is 3.38. The van der Waals surface area contributed by atoms with Gasteiger partial charge in [-0.1, -0.05) is 19.0 Å². The van der Waals surface area contributed by atoms with Crippen LogP contribution in [0.2, 0.25) is 0 Å². The Morgan fingerprint density at radius 1 is 1.58 bits per heavy atom. The molecule has 68 valence electrons.